The van der Waals surface area contributed by atoms with Crippen LogP contribution in [0.15, 0.2) is 9.59 Å². The van der Waals surface area contributed by atoms with E-state index in [0.717, 1.165) is 26.1 Å². The van der Waals surface area contributed by atoms with Crippen molar-refractivity contribution in [1.29, 1.82) is 0 Å². The Bertz CT molecular complexity index is 409. The number of hydrogen-bond acceptors (Lipinski definition) is 5. The molecule has 4 nitrogen and oxygen atoms in total. The van der Waals surface area contributed by atoms with Gasteiger partial charge in [0.05, 0.1) is 0 Å². The quantitative estimate of drug-likeness (QED) is 0.528. The third-order valence-electron chi connectivity index (χ3n) is 2.48. The summed E-state index contributed by atoms with van der Waals surface area (Å²) in [4.78, 5) is 24.5. The average Bonchev–Trinajstić information content (AvgIpc) is 2.38. The SMILES string of the molecule is O=c1c2c(c1=O)N(CCS)CCCN2. The Kier molecular flexibility index (Phi) is 2.50. The number of fused-ring (bicyclic) bond motifs is 1. The van der Waals surface area contributed by atoms with Crippen LogP contribution in [0.2, 0.25) is 0 Å². The van der Waals surface area contributed by atoms with E-state index in [4.69, 9.17) is 0 Å². The van der Waals surface area contributed by atoms with E-state index in [1.165, 1.54) is 0 Å². The van der Waals surface area contributed by atoms with Crippen LogP contribution in [0.3, 0.4) is 0 Å². The molecule has 2 rings (SSSR count). The molecule has 0 amide bonds. The monoisotopic (exact) mass is 212 g/mol. The van der Waals surface area contributed by atoms with Crippen molar-refractivity contribution in [3.05, 3.63) is 20.4 Å². The highest BCUT2D eigenvalue weighted by Gasteiger charge is 2.26. The van der Waals surface area contributed by atoms with E-state index in [2.05, 4.69) is 17.9 Å². The van der Waals surface area contributed by atoms with Gasteiger partial charge in [-0.05, 0) is 6.42 Å². The minimum Gasteiger partial charge on any atom is -0.380 e. The molecule has 1 aliphatic heterocycles. The highest BCUT2D eigenvalue weighted by molar-refractivity contribution is 7.80. The summed E-state index contributed by atoms with van der Waals surface area (Å²) in [5.74, 6) is 0.693. The maximum absolute atomic E-state index is 11.3. The molecule has 1 aliphatic rings. The fraction of sp³-hybridized carbons (Fsp3) is 0.556. The summed E-state index contributed by atoms with van der Waals surface area (Å²) in [5, 5.41) is 2.99. The van der Waals surface area contributed by atoms with Gasteiger partial charge in [0.1, 0.15) is 11.4 Å². The lowest BCUT2D eigenvalue weighted by atomic mass is 10.2. The van der Waals surface area contributed by atoms with Crippen LogP contribution in [0.4, 0.5) is 11.4 Å². The van der Waals surface area contributed by atoms with Gasteiger partial charge in [-0.25, -0.2) is 0 Å². The summed E-state index contributed by atoms with van der Waals surface area (Å²) < 4.78 is 0. The molecule has 0 unspecified atom stereocenters. The van der Waals surface area contributed by atoms with Gasteiger partial charge in [0, 0.05) is 25.4 Å². The molecule has 0 atom stereocenters. The third-order valence-corrected chi connectivity index (χ3v) is 2.68. The van der Waals surface area contributed by atoms with Crippen LogP contribution < -0.4 is 21.1 Å². The van der Waals surface area contributed by atoms with Crippen LogP contribution >= 0.6 is 12.6 Å². The molecule has 0 aliphatic carbocycles. The van der Waals surface area contributed by atoms with Gasteiger partial charge in [-0.15, -0.1) is 0 Å². The number of nitrogens with zero attached hydrogens (tertiary/aromatic N) is 1. The normalized spacial score (nSPS) is 16.2. The van der Waals surface area contributed by atoms with Crippen molar-refractivity contribution in [2.45, 2.75) is 6.42 Å². The molecule has 14 heavy (non-hydrogen) atoms. The number of rotatable bonds is 2. The molecule has 76 valence electrons. The predicted molar refractivity (Wildman–Crippen MR) is 60.5 cm³/mol. The van der Waals surface area contributed by atoms with Crippen LogP contribution in [0.1, 0.15) is 6.42 Å². The minimum atomic E-state index is -0.369. The largest absolute Gasteiger partial charge is 0.380 e. The Morgan fingerprint density at radius 3 is 2.86 bits per heavy atom. The van der Waals surface area contributed by atoms with Gasteiger partial charge in [-0.3, -0.25) is 9.59 Å². The molecule has 0 saturated heterocycles. The van der Waals surface area contributed by atoms with E-state index < -0.39 is 0 Å². The van der Waals surface area contributed by atoms with Crippen molar-refractivity contribution >= 4 is 24.0 Å². The van der Waals surface area contributed by atoms with Gasteiger partial charge >= 0.3 is 0 Å². The summed E-state index contributed by atoms with van der Waals surface area (Å²) in [7, 11) is 0. The first-order valence-corrected chi connectivity index (χ1v) is 5.32. The number of hydrogen-bond donors (Lipinski definition) is 2. The molecular formula is C9H12N2O2S. The smallest absolute Gasteiger partial charge is 0.253 e. The summed E-state index contributed by atoms with van der Waals surface area (Å²) >= 11 is 4.13. The van der Waals surface area contributed by atoms with Crippen LogP contribution in [0.5, 0.6) is 0 Å². The van der Waals surface area contributed by atoms with E-state index >= 15 is 0 Å². The maximum atomic E-state index is 11.3. The summed E-state index contributed by atoms with van der Waals surface area (Å²) in [5.41, 5.74) is 0.359. The highest BCUT2D eigenvalue weighted by atomic mass is 32.1. The van der Waals surface area contributed by atoms with Gasteiger partial charge in [0.25, 0.3) is 10.9 Å². The summed E-state index contributed by atoms with van der Waals surface area (Å²) in [6.07, 6.45) is 0.946. The molecule has 0 spiro atoms. The summed E-state index contributed by atoms with van der Waals surface area (Å²) in [6, 6.07) is 0. The standard InChI is InChI=1S/C9H12N2O2S/c12-8-6-7(9(8)13)11(4-5-14)3-1-2-10-6/h10,14H,1-5H2. The highest BCUT2D eigenvalue weighted by Crippen LogP contribution is 2.22. The topological polar surface area (TPSA) is 49.4 Å². The maximum Gasteiger partial charge on any atom is 0.253 e. The van der Waals surface area contributed by atoms with E-state index in [9.17, 15) is 9.59 Å². The lowest BCUT2D eigenvalue weighted by Crippen LogP contribution is -2.41. The number of anilines is 2. The molecule has 0 fully saturated rings. The van der Waals surface area contributed by atoms with E-state index in [1.807, 2.05) is 4.90 Å². The number of nitrogens with one attached hydrogen (secondary N) is 1. The van der Waals surface area contributed by atoms with E-state index in [1.54, 1.807) is 0 Å². The van der Waals surface area contributed by atoms with Crippen LogP contribution in [-0.4, -0.2) is 25.4 Å². The van der Waals surface area contributed by atoms with E-state index in [0.29, 0.717) is 17.1 Å². The molecule has 1 heterocycles. The van der Waals surface area contributed by atoms with Gasteiger partial charge < -0.3 is 10.2 Å². The Morgan fingerprint density at radius 1 is 1.36 bits per heavy atom. The Labute approximate surface area is 87.0 Å². The van der Waals surface area contributed by atoms with Gasteiger partial charge in [0.2, 0.25) is 0 Å². The van der Waals surface area contributed by atoms with Crippen molar-refractivity contribution in [3.63, 3.8) is 0 Å². The van der Waals surface area contributed by atoms with Crippen LogP contribution in [0, 0.1) is 0 Å². The zero-order chi connectivity index (χ0) is 10.1. The van der Waals surface area contributed by atoms with Crippen molar-refractivity contribution in [2.75, 3.05) is 35.6 Å². The van der Waals surface area contributed by atoms with Gasteiger partial charge in [-0.1, -0.05) is 0 Å². The zero-order valence-electron chi connectivity index (χ0n) is 7.75. The molecule has 0 saturated carbocycles. The Morgan fingerprint density at radius 2 is 2.14 bits per heavy atom. The van der Waals surface area contributed by atoms with Crippen molar-refractivity contribution in [3.8, 4) is 0 Å². The molecule has 0 radical (unpaired) electrons. The fourth-order valence-electron chi connectivity index (χ4n) is 1.78. The van der Waals surface area contributed by atoms with Crippen molar-refractivity contribution in [2.24, 2.45) is 0 Å². The third kappa shape index (κ3) is 1.32. The molecule has 1 aromatic rings. The molecular weight excluding hydrogens is 200 g/mol. The Balaban J connectivity index is 2.34. The second-order valence-electron chi connectivity index (χ2n) is 3.37. The zero-order valence-corrected chi connectivity index (χ0v) is 8.64. The first kappa shape index (κ1) is 9.58. The number of thiol groups is 1. The van der Waals surface area contributed by atoms with Crippen LogP contribution in [0.25, 0.3) is 0 Å². The van der Waals surface area contributed by atoms with E-state index in [-0.39, 0.29) is 10.9 Å². The minimum absolute atomic E-state index is 0.351. The average molecular weight is 212 g/mol. The molecule has 5 heteroatoms. The second-order valence-corrected chi connectivity index (χ2v) is 3.82. The van der Waals surface area contributed by atoms with Crippen molar-refractivity contribution < 1.29 is 0 Å². The first-order chi connectivity index (χ1) is 6.75. The van der Waals surface area contributed by atoms with Crippen LogP contribution in [-0.2, 0) is 0 Å². The Hall–Kier alpha value is -0.970. The molecule has 1 N–H and O–H groups in total. The van der Waals surface area contributed by atoms with Gasteiger partial charge in [-0.2, -0.15) is 12.6 Å². The second kappa shape index (κ2) is 3.65. The molecule has 1 aromatic carbocycles. The molecule has 0 bridgehead atoms. The lowest BCUT2D eigenvalue weighted by Gasteiger charge is -2.23. The lowest BCUT2D eigenvalue weighted by molar-refractivity contribution is 0.788. The molecule has 0 aromatic heterocycles. The predicted octanol–water partition coefficient (Wildman–Crippen LogP) is -0.166. The summed E-state index contributed by atoms with van der Waals surface area (Å²) in [6.45, 7) is 2.31. The fourth-order valence-corrected chi connectivity index (χ4v) is 2.03. The van der Waals surface area contributed by atoms with Crippen molar-refractivity contribution in [1.82, 2.24) is 0 Å². The first-order valence-electron chi connectivity index (χ1n) is 4.68. The van der Waals surface area contributed by atoms with Gasteiger partial charge in [0.15, 0.2) is 0 Å².